The molecule has 0 spiro atoms. The van der Waals surface area contributed by atoms with Crippen LogP contribution in [0.4, 0.5) is 0 Å². The van der Waals surface area contributed by atoms with Gasteiger partial charge < -0.3 is 9.47 Å². The molecule has 0 unspecified atom stereocenters. The molecule has 0 saturated carbocycles. The molecule has 17 heavy (non-hydrogen) atoms. The fraction of sp³-hybridized carbons (Fsp3) is 0.200. The summed E-state index contributed by atoms with van der Waals surface area (Å²) in [6.45, 7) is 2.61. The van der Waals surface area contributed by atoms with Crippen molar-refractivity contribution in [1.82, 2.24) is 0 Å². The van der Waals surface area contributed by atoms with Crippen LogP contribution in [0.5, 0.6) is 11.5 Å². The van der Waals surface area contributed by atoms with Crippen molar-refractivity contribution in [2.24, 2.45) is 0 Å². The van der Waals surface area contributed by atoms with Gasteiger partial charge in [-0.2, -0.15) is 0 Å². The lowest BCUT2D eigenvalue weighted by atomic mass is 10.3. The first-order valence-electron chi connectivity index (χ1n) is 4.37. The fourth-order valence-corrected chi connectivity index (χ4v) is 3.36. The second-order valence-electron chi connectivity index (χ2n) is 3.00. The molecule has 0 heterocycles. The molecule has 0 atom stereocenters. The Hall–Kier alpha value is 0.350. The van der Waals surface area contributed by atoms with Crippen LogP contribution in [0.3, 0.4) is 0 Å². The van der Waals surface area contributed by atoms with Crippen molar-refractivity contribution in [2.75, 3.05) is 0 Å². The van der Waals surface area contributed by atoms with Crippen molar-refractivity contribution in [2.45, 2.75) is 13.8 Å². The van der Waals surface area contributed by atoms with Gasteiger partial charge in [0.2, 0.25) is 0 Å². The first kappa shape index (κ1) is 15.4. The number of hydrogen-bond donors (Lipinski definition) is 0. The van der Waals surface area contributed by atoms with Gasteiger partial charge in [0.05, 0.1) is 7.14 Å². The minimum Gasteiger partial charge on any atom is -0.422 e. The highest BCUT2D eigenvalue weighted by Gasteiger charge is 2.20. The zero-order valence-corrected chi connectivity index (χ0v) is 15.3. The summed E-state index contributed by atoms with van der Waals surface area (Å²) in [4.78, 5) is 22.1. The summed E-state index contributed by atoms with van der Waals surface area (Å²) in [7, 11) is 0. The highest BCUT2D eigenvalue weighted by Crippen LogP contribution is 2.39. The molecule has 0 N–H and O–H groups in total. The molecular formula is C10H7I3O4. The number of hydrogen-bond acceptors (Lipinski definition) is 4. The predicted octanol–water partition coefficient (Wildman–Crippen LogP) is 3.35. The van der Waals surface area contributed by atoms with E-state index in [1.807, 2.05) is 51.2 Å². The molecule has 7 heteroatoms. The smallest absolute Gasteiger partial charge is 0.308 e. The van der Waals surface area contributed by atoms with Gasteiger partial charge in [-0.05, 0) is 73.8 Å². The van der Waals surface area contributed by atoms with Crippen LogP contribution >= 0.6 is 67.8 Å². The number of carbonyl (C=O) groups is 2. The molecule has 0 saturated heterocycles. The van der Waals surface area contributed by atoms with Crippen molar-refractivity contribution in [3.63, 3.8) is 0 Å². The number of esters is 2. The maximum Gasteiger partial charge on any atom is 0.308 e. The molecule has 4 nitrogen and oxygen atoms in total. The van der Waals surface area contributed by atoms with Crippen molar-refractivity contribution in [3.8, 4) is 11.5 Å². The zero-order chi connectivity index (χ0) is 13.2. The second kappa shape index (κ2) is 6.50. The van der Waals surface area contributed by atoms with Gasteiger partial charge in [-0.3, -0.25) is 9.59 Å². The Balaban J connectivity index is 3.38. The molecule has 1 aromatic rings. The quantitative estimate of drug-likeness (QED) is 0.237. The van der Waals surface area contributed by atoms with Crippen LogP contribution in [0.15, 0.2) is 6.07 Å². The van der Waals surface area contributed by atoms with Gasteiger partial charge in [-0.25, -0.2) is 0 Å². The minimum absolute atomic E-state index is 0.290. The van der Waals surface area contributed by atoms with E-state index < -0.39 is 11.9 Å². The normalized spacial score (nSPS) is 9.94. The van der Waals surface area contributed by atoms with E-state index >= 15 is 0 Å². The second-order valence-corrected chi connectivity index (χ2v) is 6.40. The number of ether oxygens (including phenoxy) is 2. The van der Waals surface area contributed by atoms with E-state index in [4.69, 9.17) is 9.47 Å². The van der Waals surface area contributed by atoms with Crippen molar-refractivity contribution >= 4 is 79.7 Å². The zero-order valence-electron chi connectivity index (χ0n) is 8.84. The van der Waals surface area contributed by atoms with Crippen molar-refractivity contribution < 1.29 is 19.1 Å². The molecule has 0 radical (unpaired) electrons. The van der Waals surface area contributed by atoms with Crippen LogP contribution in [0.1, 0.15) is 13.8 Å². The van der Waals surface area contributed by atoms with E-state index in [9.17, 15) is 9.59 Å². The Morgan fingerprint density at radius 3 is 1.88 bits per heavy atom. The number of benzene rings is 1. The van der Waals surface area contributed by atoms with Gasteiger partial charge in [0.1, 0.15) is 0 Å². The maximum atomic E-state index is 11.1. The largest absolute Gasteiger partial charge is 0.422 e. The maximum absolute atomic E-state index is 11.1. The SMILES string of the molecule is CC(=O)Oc1c(I)cc(I)c(I)c1OC(C)=O. The van der Waals surface area contributed by atoms with E-state index in [0.29, 0.717) is 5.75 Å². The number of rotatable bonds is 2. The average Bonchev–Trinajstić information content (AvgIpc) is 2.19. The third-order valence-corrected chi connectivity index (χ3v) is 5.33. The molecule has 92 valence electrons. The standard InChI is InChI=1S/C10H7I3O4/c1-4(14)16-9-7(12)3-6(11)8(13)10(9)17-5(2)15/h3H,1-2H3. The monoisotopic (exact) mass is 572 g/mol. The Morgan fingerprint density at radius 2 is 1.41 bits per heavy atom. The summed E-state index contributed by atoms with van der Waals surface area (Å²) >= 11 is 6.21. The van der Waals surface area contributed by atoms with Crippen LogP contribution in [0.25, 0.3) is 0 Å². The molecule has 0 aliphatic rings. The first-order valence-corrected chi connectivity index (χ1v) is 7.61. The molecule has 0 amide bonds. The Morgan fingerprint density at radius 1 is 0.941 bits per heavy atom. The molecule has 1 rings (SSSR count). The third kappa shape index (κ3) is 4.19. The van der Waals surface area contributed by atoms with E-state index in [1.54, 1.807) is 0 Å². The molecule has 0 aromatic heterocycles. The van der Waals surface area contributed by atoms with Crippen LogP contribution in [-0.2, 0) is 9.59 Å². The number of carbonyl (C=O) groups excluding carboxylic acids is 2. The van der Waals surface area contributed by atoms with Gasteiger partial charge in [0.25, 0.3) is 0 Å². The summed E-state index contributed by atoms with van der Waals surface area (Å²) in [5.74, 6) is -0.315. The summed E-state index contributed by atoms with van der Waals surface area (Å²) in [5, 5.41) is 0. The van der Waals surface area contributed by atoms with Gasteiger partial charge >= 0.3 is 11.9 Å². The molecule has 1 aromatic carbocycles. The van der Waals surface area contributed by atoms with Crippen LogP contribution in [0, 0.1) is 10.7 Å². The van der Waals surface area contributed by atoms with Gasteiger partial charge in [0.15, 0.2) is 11.5 Å². The minimum atomic E-state index is -0.451. The Labute approximate surface area is 139 Å². The third-order valence-electron chi connectivity index (χ3n) is 1.58. The lowest BCUT2D eigenvalue weighted by Gasteiger charge is -2.13. The molecular weight excluding hydrogens is 565 g/mol. The molecule has 0 aliphatic heterocycles. The number of halogens is 3. The van der Waals surface area contributed by atoms with E-state index in [0.717, 1.165) is 10.7 Å². The van der Waals surface area contributed by atoms with Crippen molar-refractivity contribution in [1.29, 1.82) is 0 Å². The van der Waals surface area contributed by atoms with Crippen LogP contribution in [-0.4, -0.2) is 11.9 Å². The van der Waals surface area contributed by atoms with E-state index in [1.165, 1.54) is 13.8 Å². The molecule has 0 aliphatic carbocycles. The molecule has 0 fully saturated rings. The Bertz CT molecular complexity index is 485. The lowest BCUT2D eigenvalue weighted by molar-refractivity contribution is -0.134. The summed E-state index contributed by atoms with van der Waals surface area (Å²) in [6.07, 6.45) is 0. The van der Waals surface area contributed by atoms with Crippen LogP contribution in [0.2, 0.25) is 0 Å². The summed E-state index contributed by atoms with van der Waals surface area (Å²) in [6, 6.07) is 1.86. The predicted molar refractivity (Wildman–Crippen MR) is 87.2 cm³/mol. The lowest BCUT2D eigenvalue weighted by Crippen LogP contribution is -2.10. The van der Waals surface area contributed by atoms with E-state index in [-0.39, 0.29) is 5.75 Å². The Kier molecular flexibility index (Phi) is 5.89. The summed E-state index contributed by atoms with van der Waals surface area (Å²) < 4.78 is 12.6. The van der Waals surface area contributed by atoms with Gasteiger partial charge in [-0.15, -0.1) is 0 Å². The van der Waals surface area contributed by atoms with Gasteiger partial charge in [-0.1, -0.05) is 0 Å². The van der Waals surface area contributed by atoms with Crippen LogP contribution < -0.4 is 9.47 Å². The fourth-order valence-electron chi connectivity index (χ4n) is 1.03. The van der Waals surface area contributed by atoms with E-state index in [2.05, 4.69) is 22.6 Å². The first-order chi connectivity index (χ1) is 7.82. The average molecular weight is 572 g/mol. The molecule has 0 bridgehead atoms. The van der Waals surface area contributed by atoms with Crippen molar-refractivity contribution in [3.05, 3.63) is 16.8 Å². The van der Waals surface area contributed by atoms with Gasteiger partial charge in [0, 0.05) is 17.4 Å². The summed E-state index contributed by atoms with van der Waals surface area (Å²) in [5.41, 5.74) is 0. The topological polar surface area (TPSA) is 52.6 Å². The highest BCUT2D eigenvalue weighted by molar-refractivity contribution is 14.1. The highest BCUT2D eigenvalue weighted by atomic mass is 127.